The summed E-state index contributed by atoms with van der Waals surface area (Å²) in [6.07, 6.45) is 3.99. The summed E-state index contributed by atoms with van der Waals surface area (Å²) in [5.41, 5.74) is 0.325. The van der Waals surface area contributed by atoms with Gasteiger partial charge in [-0.2, -0.15) is 0 Å². The van der Waals surface area contributed by atoms with Crippen molar-refractivity contribution < 1.29 is 14.3 Å². The quantitative estimate of drug-likeness (QED) is 0.377. The zero-order valence-electron chi connectivity index (χ0n) is 8.00. The lowest BCUT2D eigenvalue weighted by molar-refractivity contribution is -0.135. The molecular weight excluding hydrogens is 168 g/mol. The van der Waals surface area contributed by atoms with Crippen LogP contribution in [0.25, 0.3) is 0 Å². The summed E-state index contributed by atoms with van der Waals surface area (Å²) in [4.78, 5) is 21.6. The Labute approximate surface area is 77.8 Å². The van der Waals surface area contributed by atoms with Gasteiger partial charge >= 0.3 is 5.97 Å². The van der Waals surface area contributed by atoms with E-state index >= 15 is 0 Å². The minimum absolute atomic E-state index is 0.235. The Bertz CT molecular complexity index is 251. The molecule has 0 unspecified atom stereocenters. The Hall–Kier alpha value is -1.12. The Morgan fingerprint density at radius 1 is 1.54 bits per heavy atom. The molecule has 3 heteroatoms. The fraction of sp³-hybridized carbons (Fsp3) is 0.600. The third-order valence-corrected chi connectivity index (χ3v) is 2.06. The van der Waals surface area contributed by atoms with Crippen LogP contribution < -0.4 is 0 Å². The maximum Gasteiger partial charge on any atom is 0.333 e. The summed E-state index contributed by atoms with van der Waals surface area (Å²) in [5.74, 6) is -0.235. The molecule has 1 fully saturated rings. The molecule has 1 aliphatic rings. The van der Waals surface area contributed by atoms with E-state index in [4.69, 9.17) is 4.74 Å². The number of cyclic esters (lactones) is 1. The second kappa shape index (κ2) is 3.73. The topological polar surface area (TPSA) is 43.4 Å². The van der Waals surface area contributed by atoms with Crippen molar-refractivity contribution >= 4 is 12.3 Å². The van der Waals surface area contributed by atoms with Crippen LogP contribution in [-0.2, 0) is 14.3 Å². The largest absolute Gasteiger partial charge is 0.462 e. The number of carbonyl (C=O) groups excluding carboxylic acids is 2. The molecule has 0 N–H and O–H groups in total. The van der Waals surface area contributed by atoms with Crippen molar-refractivity contribution in [3.63, 3.8) is 0 Å². The van der Waals surface area contributed by atoms with Crippen molar-refractivity contribution in [1.29, 1.82) is 0 Å². The van der Waals surface area contributed by atoms with E-state index in [2.05, 4.69) is 0 Å². The number of carbonyl (C=O) groups is 2. The smallest absolute Gasteiger partial charge is 0.333 e. The second-order valence-electron chi connectivity index (χ2n) is 3.93. The molecule has 0 bridgehead atoms. The molecule has 0 aliphatic carbocycles. The van der Waals surface area contributed by atoms with Crippen molar-refractivity contribution in [1.82, 2.24) is 0 Å². The molecule has 13 heavy (non-hydrogen) atoms. The standard InChI is InChI=1S/C10H14O3/c1-10(2,7-11)5-3-8-4-6-13-9(8)12/h3,7H,4-6H2,1-2H3/b8-3+. The van der Waals surface area contributed by atoms with Crippen molar-refractivity contribution in [3.05, 3.63) is 11.6 Å². The van der Waals surface area contributed by atoms with Gasteiger partial charge in [-0.05, 0) is 6.42 Å². The third kappa shape index (κ3) is 2.68. The third-order valence-electron chi connectivity index (χ3n) is 2.06. The Kier molecular flexibility index (Phi) is 2.86. The predicted molar refractivity (Wildman–Crippen MR) is 48.1 cm³/mol. The Morgan fingerprint density at radius 3 is 2.69 bits per heavy atom. The van der Waals surface area contributed by atoms with Crippen LogP contribution in [0.4, 0.5) is 0 Å². The van der Waals surface area contributed by atoms with E-state index in [0.717, 1.165) is 6.29 Å². The van der Waals surface area contributed by atoms with E-state index in [1.54, 1.807) is 0 Å². The van der Waals surface area contributed by atoms with Gasteiger partial charge in [0, 0.05) is 17.4 Å². The van der Waals surface area contributed by atoms with Gasteiger partial charge in [-0.1, -0.05) is 19.9 Å². The first kappa shape index (κ1) is 9.96. The molecule has 0 atom stereocenters. The minimum atomic E-state index is -0.379. The molecule has 0 spiro atoms. The zero-order valence-corrected chi connectivity index (χ0v) is 8.00. The SMILES string of the molecule is CC(C)(C=O)C/C=C1\CCOC1=O. The maximum absolute atomic E-state index is 11.0. The average molecular weight is 182 g/mol. The summed E-state index contributed by atoms with van der Waals surface area (Å²) in [7, 11) is 0. The lowest BCUT2D eigenvalue weighted by atomic mass is 9.90. The highest BCUT2D eigenvalue weighted by Gasteiger charge is 2.21. The van der Waals surface area contributed by atoms with Gasteiger partial charge in [0.15, 0.2) is 0 Å². The van der Waals surface area contributed by atoms with E-state index in [1.807, 2.05) is 19.9 Å². The molecule has 72 valence electrons. The summed E-state index contributed by atoms with van der Waals surface area (Å²) < 4.78 is 4.77. The molecular formula is C10H14O3. The lowest BCUT2D eigenvalue weighted by Crippen LogP contribution is -2.11. The van der Waals surface area contributed by atoms with Gasteiger partial charge in [0.05, 0.1) is 6.61 Å². The zero-order chi connectivity index (χ0) is 9.90. The second-order valence-corrected chi connectivity index (χ2v) is 3.93. The van der Waals surface area contributed by atoms with Crippen molar-refractivity contribution in [3.8, 4) is 0 Å². The molecule has 0 radical (unpaired) electrons. The van der Waals surface area contributed by atoms with Crippen molar-refractivity contribution in [2.75, 3.05) is 6.61 Å². The van der Waals surface area contributed by atoms with Crippen LogP contribution in [0.15, 0.2) is 11.6 Å². The molecule has 0 aromatic heterocycles. The van der Waals surface area contributed by atoms with Crippen molar-refractivity contribution in [2.24, 2.45) is 5.41 Å². The van der Waals surface area contributed by atoms with Crippen LogP contribution in [-0.4, -0.2) is 18.9 Å². The molecule has 1 rings (SSSR count). The molecule has 0 amide bonds. The number of rotatable bonds is 3. The number of esters is 1. The van der Waals surface area contributed by atoms with E-state index in [-0.39, 0.29) is 11.4 Å². The van der Waals surface area contributed by atoms with Crippen LogP contribution in [0, 0.1) is 5.41 Å². The highest BCUT2D eigenvalue weighted by molar-refractivity contribution is 5.90. The molecule has 0 aromatic carbocycles. The van der Waals surface area contributed by atoms with Gasteiger partial charge < -0.3 is 9.53 Å². The highest BCUT2D eigenvalue weighted by Crippen LogP contribution is 2.21. The average Bonchev–Trinajstić information content (AvgIpc) is 2.48. The normalized spacial score (nSPS) is 20.5. The van der Waals surface area contributed by atoms with Gasteiger partial charge in [0.2, 0.25) is 0 Å². The number of aldehydes is 1. The summed E-state index contributed by atoms with van der Waals surface area (Å²) in [6.45, 7) is 4.17. The van der Waals surface area contributed by atoms with Gasteiger partial charge in [0.25, 0.3) is 0 Å². The van der Waals surface area contributed by atoms with Crippen LogP contribution in [0.5, 0.6) is 0 Å². The number of hydrogen-bond donors (Lipinski definition) is 0. The Morgan fingerprint density at radius 2 is 2.23 bits per heavy atom. The number of ether oxygens (including phenoxy) is 1. The lowest BCUT2D eigenvalue weighted by Gasteiger charge is -2.12. The number of hydrogen-bond acceptors (Lipinski definition) is 3. The molecule has 0 aromatic rings. The molecule has 1 saturated heterocycles. The summed E-state index contributed by atoms with van der Waals surface area (Å²) in [5, 5.41) is 0. The monoisotopic (exact) mass is 182 g/mol. The maximum atomic E-state index is 11.0. The Balaban J connectivity index is 2.57. The summed E-state index contributed by atoms with van der Waals surface area (Å²) >= 11 is 0. The van der Waals surface area contributed by atoms with E-state index in [9.17, 15) is 9.59 Å². The first-order chi connectivity index (χ1) is 6.05. The van der Waals surface area contributed by atoms with Crippen LogP contribution in [0.1, 0.15) is 26.7 Å². The van der Waals surface area contributed by atoms with Gasteiger partial charge in [-0.25, -0.2) is 4.79 Å². The van der Waals surface area contributed by atoms with Gasteiger partial charge in [0.1, 0.15) is 6.29 Å². The van der Waals surface area contributed by atoms with E-state index in [0.29, 0.717) is 25.0 Å². The van der Waals surface area contributed by atoms with E-state index in [1.165, 1.54) is 0 Å². The fourth-order valence-electron chi connectivity index (χ4n) is 1.07. The van der Waals surface area contributed by atoms with Gasteiger partial charge in [-0.15, -0.1) is 0 Å². The van der Waals surface area contributed by atoms with Crippen molar-refractivity contribution in [2.45, 2.75) is 26.7 Å². The molecule has 1 heterocycles. The predicted octanol–water partition coefficient (Wildman–Crippen LogP) is 1.47. The van der Waals surface area contributed by atoms with Crippen LogP contribution in [0.3, 0.4) is 0 Å². The molecule has 3 nitrogen and oxygen atoms in total. The first-order valence-electron chi connectivity index (χ1n) is 4.38. The van der Waals surface area contributed by atoms with E-state index < -0.39 is 0 Å². The molecule has 1 aliphatic heterocycles. The summed E-state index contributed by atoms with van der Waals surface area (Å²) in [6, 6.07) is 0. The number of allylic oxidation sites excluding steroid dienone is 1. The van der Waals surface area contributed by atoms with Crippen LogP contribution in [0.2, 0.25) is 0 Å². The highest BCUT2D eigenvalue weighted by atomic mass is 16.5. The van der Waals surface area contributed by atoms with Crippen LogP contribution >= 0.6 is 0 Å². The molecule has 0 saturated carbocycles. The first-order valence-corrected chi connectivity index (χ1v) is 4.38. The minimum Gasteiger partial charge on any atom is -0.462 e. The fourth-order valence-corrected chi connectivity index (χ4v) is 1.07. The van der Waals surface area contributed by atoms with Gasteiger partial charge in [-0.3, -0.25) is 0 Å².